The Bertz CT molecular complexity index is 814. The lowest BCUT2D eigenvalue weighted by atomic mass is 9.91. The molecule has 0 unspecified atom stereocenters. The predicted molar refractivity (Wildman–Crippen MR) is 111 cm³/mol. The number of carbonyl (C=O) groups is 1. The van der Waals surface area contributed by atoms with Crippen molar-refractivity contribution < 1.29 is 9.53 Å². The maximum absolute atomic E-state index is 12.7. The molecule has 2 aliphatic rings. The van der Waals surface area contributed by atoms with Gasteiger partial charge in [0.2, 0.25) is 0 Å². The van der Waals surface area contributed by atoms with E-state index in [1.54, 1.807) is 11.3 Å². The van der Waals surface area contributed by atoms with Gasteiger partial charge in [0.1, 0.15) is 0 Å². The molecule has 1 atom stereocenters. The van der Waals surface area contributed by atoms with Crippen LogP contribution in [0.1, 0.15) is 34.6 Å². The second-order valence-corrected chi connectivity index (χ2v) is 9.03. The number of morpholine rings is 1. The van der Waals surface area contributed by atoms with Crippen molar-refractivity contribution in [2.45, 2.75) is 32.8 Å². The van der Waals surface area contributed by atoms with Crippen molar-refractivity contribution in [1.82, 2.24) is 10.2 Å². The number of rotatable bonds is 5. The van der Waals surface area contributed by atoms with Crippen LogP contribution in [-0.4, -0.2) is 49.7 Å². The van der Waals surface area contributed by atoms with E-state index in [2.05, 4.69) is 54.4 Å². The normalized spacial score (nSPS) is 19.6. The van der Waals surface area contributed by atoms with Gasteiger partial charge in [-0.05, 0) is 41.5 Å². The average molecular weight is 385 g/mol. The fraction of sp³-hybridized carbons (Fsp3) is 0.500. The summed E-state index contributed by atoms with van der Waals surface area (Å²) in [6.45, 7) is 8.77. The molecule has 5 heteroatoms. The van der Waals surface area contributed by atoms with Crippen molar-refractivity contribution in [2.75, 3.05) is 32.8 Å². The van der Waals surface area contributed by atoms with Crippen LogP contribution in [0.5, 0.6) is 0 Å². The lowest BCUT2D eigenvalue weighted by Gasteiger charge is -2.33. The number of nitrogens with zero attached hydrogens (tertiary/aromatic N) is 1. The SMILES string of the molecule is CC(C)CN1CCO[C@H](CNC(=O)c2cc3c(s2)-c2ccccc2CC3)C1. The van der Waals surface area contributed by atoms with Crippen LogP contribution in [0.25, 0.3) is 10.4 Å². The van der Waals surface area contributed by atoms with Crippen molar-refractivity contribution in [3.8, 4) is 10.4 Å². The first kappa shape index (κ1) is 18.7. The van der Waals surface area contributed by atoms with Crippen molar-refractivity contribution in [3.63, 3.8) is 0 Å². The van der Waals surface area contributed by atoms with Gasteiger partial charge in [-0.25, -0.2) is 0 Å². The Morgan fingerprint density at radius 3 is 2.96 bits per heavy atom. The summed E-state index contributed by atoms with van der Waals surface area (Å²) in [6.07, 6.45) is 2.16. The van der Waals surface area contributed by atoms with Crippen molar-refractivity contribution >= 4 is 17.2 Å². The molecule has 1 fully saturated rings. The summed E-state index contributed by atoms with van der Waals surface area (Å²) in [6, 6.07) is 10.6. The molecule has 0 radical (unpaired) electrons. The molecule has 2 heterocycles. The Morgan fingerprint density at radius 2 is 2.11 bits per heavy atom. The molecule has 1 aromatic heterocycles. The Hall–Kier alpha value is -1.69. The third-order valence-corrected chi connectivity index (χ3v) is 6.50. The molecule has 0 spiro atoms. The second kappa shape index (κ2) is 8.13. The molecule has 144 valence electrons. The lowest BCUT2D eigenvalue weighted by molar-refractivity contribution is -0.0295. The number of ether oxygens (including phenoxy) is 1. The minimum atomic E-state index is 0.0245. The van der Waals surface area contributed by atoms with E-state index in [4.69, 9.17) is 4.74 Å². The van der Waals surface area contributed by atoms with Crippen molar-refractivity contribution in [3.05, 3.63) is 46.3 Å². The fourth-order valence-corrected chi connectivity index (χ4v) is 5.25. The first-order valence-corrected chi connectivity index (χ1v) is 10.7. The van der Waals surface area contributed by atoms with Crippen LogP contribution in [0.2, 0.25) is 0 Å². The molecule has 1 aliphatic carbocycles. The van der Waals surface area contributed by atoms with E-state index in [9.17, 15) is 4.79 Å². The molecule has 2 aromatic rings. The predicted octanol–water partition coefficient (Wildman–Crippen LogP) is 3.60. The highest BCUT2D eigenvalue weighted by Gasteiger charge is 2.24. The molecular weight excluding hydrogens is 356 g/mol. The largest absolute Gasteiger partial charge is 0.374 e. The summed E-state index contributed by atoms with van der Waals surface area (Å²) in [7, 11) is 0. The molecule has 0 saturated carbocycles. The van der Waals surface area contributed by atoms with Gasteiger partial charge in [-0.2, -0.15) is 0 Å². The maximum Gasteiger partial charge on any atom is 0.261 e. The van der Waals surface area contributed by atoms with E-state index < -0.39 is 0 Å². The van der Waals surface area contributed by atoms with E-state index >= 15 is 0 Å². The number of carbonyl (C=O) groups excluding carboxylic acids is 1. The van der Waals surface area contributed by atoms with Crippen LogP contribution >= 0.6 is 11.3 Å². The average Bonchev–Trinajstić information content (AvgIpc) is 3.11. The Labute approximate surface area is 165 Å². The topological polar surface area (TPSA) is 41.6 Å². The summed E-state index contributed by atoms with van der Waals surface area (Å²) < 4.78 is 5.85. The zero-order valence-electron chi connectivity index (χ0n) is 16.2. The summed E-state index contributed by atoms with van der Waals surface area (Å²) in [5.74, 6) is 0.676. The number of hydrogen-bond donors (Lipinski definition) is 1. The van der Waals surface area contributed by atoms with Gasteiger partial charge in [0.25, 0.3) is 5.91 Å². The lowest BCUT2D eigenvalue weighted by Crippen LogP contribution is -2.48. The van der Waals surface area contributed by atoms with Crippen LogP contribution in [0.3, 0.4) is 0 Å². The van der Waals surface area contributed by atoms with Crippen LogP contribution in [0, 0.1) is 5.92 Å². The molecule has 4 nitrogen and oxygen atoms in total. The first-order valence-electron chi connectivity index (χ1n) is 9.93. The van der Waals surface area contributed by atoms with Gasteiger partial charge in [0.15, 0.2) is 0 Å². The molecule has 1 aliphatic heterocycles. The highest BCUT2D eigenvalue weighted by Crippen LogP contribution is 2.39. The number of aryl methyl sites for hydroxylation is 2. The van der Waals surface area contributed by atoms with E-state index in [1.807, 2.05) is 0 Å². The third-order valence-electron chi connectivity index (χ3n) is 5.29. The first-order chi connectivity index (χ1) is 13.1. The van der Waals surface area contributed by atoms with Gasteiger partial charge < -0.3 is 10.1 Å². The van der Waals surface area contributed by atoms with E-state index in [0.29, 0.717) is 12.5 Å². The van der Waals surface area contributed by atoms with Crippen LogP contribution < -0.4 is 5.32 Å². The van der Waals surface area contributed by atoms with Gasteiger partial charge in [-0.15, -0.1) is 11.3 Å². The van der Waals surface area contributed by atoms with Crippen LogP contribution in [0.4, 0.5) is 0 Å². The maximum atomic E-state index is 12.7. The number of fused-ring (bicyclic) bond motifs is 3. The Balaban J connectivity index is 1.38. The monoisotopic (exact) mass is 384 g/mol. The fourth-order valence-electron chi connectivity index (χ4n) is 4.06. The number of thiophene rings is 1. The minimum absolute atomic E-state index is 0.0245. The second-order valence-electron chi connectivity index (χ2n) is 7.98. The summed E-state index contributed by atoms with van der Waals surface area (Å²) in [5.41, 5.74) is 3.99. The number of amides is 1. The smallest absolute Gasteiger partial charge is 0.261 e. The standard InChI is InChI=1S/C22H28N2O2S/c1-15(2)13-24-9-10-26-18(14-24)12-23-22(25)20-11-17-8-7-16-5-3-4-6-19(16)21(17)27-20/h3-6,11,15,18H,7-10,12-14H2,1-2H3,(H,23,25)/t18-/m1/s1. The molecule has 1 amide bonds. The molecule has 1 N–H and O–H groups in total. The molecule has 1 aromatic carbocycles. The zero-order chi connectivity index (χ0) is 18.8. The summed E-state index contributed by atoms with van der Waals surface area (Å²) >= 11 is 1.62. The third kappa shape index (κ3) is 4.26. The van der Waals surface area contributed by atoms with E-state index in [1.165, 1.54) is 21.6 Å². The van der Waals surface area contributed by atoms with Gasteiger partial charge in [-0.3, -0.25) is 9.69 Å². The molecular formula is C22H28N2O2S. The Morgan fingerprint density at radius 1 is 1.30 bits per heavy atom. The Kier molecular flexibility index (Phi) is 5.62. The van der Waals surface area contributed by atoms with E-state index in [-0.39, 0.29) is 12.0 Å². The summed E-state index contributed by atoms with van der Waals surface area (Å²) in [5, 5.41) is 3.10. The highest BCUT2D eigenvalue weighted by atomic mass is 32.1. The number of nitrogens with one attached hydrogen (secondary N) is 1. The van der Waals surface area contributed by atoms with Crippen molar-refractivity contribution in [2.24, 2.45) is 5.92 Å². The highest BCUT2D eigenvalue weighted by molar-refractivity contribution is 7.17. The molecule has 1 saturated heterocycles. The van der Waals surface area contributed by atoms with E-state index in [0.717, 1.165) is 44.0 Å². The van der Waals surface area contributed by atoms with Gasteiger partial charge >= 0.3 is 0 Å². The summed E-state index contributed by atoms with van der Waals surface area (Å²) in [4.78, 5) is 17.2. The molecule has 0 bridgehead atoms. The van der Waals surface area contributed by atoms with Crippen LogP contribution in [-0.2, 0) is 17.6 Å². The molecule has 27 heavy (non-hydrogen) atoms. The molecule has 4 rings (SSSR count). The zero-order valence-corrected chi connectivity index (χ0v) is 17.0. The van der Waals surface area contributed by atoms with Gasteiger partial charge in [0.05, 0.1) is 17.6 Å². The number of benzene rings is 1. The van der Waals surface area contributed by atoms with Gasteiger partial charge in [0, 0.05) is 31.1 Å². The van der Waals surface area contributed by atoms with Crippen LogP contribution in [0.15, 0.2) is 30.3 Å². The van der Waals surface area contributed by atoms with Crippen molar-refractivity contribution in [1.29, 1.82) is 0 Å². The van der Waals surface area contributed by atoms with Gasteiger partial charge in [-0.1, -0.05) is 38.1 Å². The number of hydrogen-bond acceptors (Lipinski definition) is 4. The minimum Gasteiger partial charge on any atom is -0.374 e. The quantitative estimate of drug-likeness (QED) is 0.856.